The lowest BCUT2D eigenvalue weighted by Crippen LogP contribution is -2.54. The van der Waals surface area contributed by atoms with Gasteiger partial charge in [-0.2, -0.15) is 0 Å². The van der Waals surface area contributed by atoms with Gasteiger partial charge in [-0.25, -0.2) is 0 Å². The molecule has 250 valence electrons. The van der Waals surface area contributed by atoms with Crippen molar-refractivity contribution in [1.29, 1.82) is 0 Å². The summed E-state index contributed by atoms with van der Waals surface area (Å²) < 4.78 is 0. The summed E-state index contributed by atoms with van der Waals surface area (Å²) in [4.78, 5) is 19.4. The number of hydrogen-bond donors (Lipinski definition) is 3. The van der Waals surface area contributed by atoms with Crippen LogP contribution in [0.3, 0.4) is 0 Å². The molecular formula is C39H63N5O. The molecule has 2 heterocycles. The van der Waals surface area contributed by atoms with Gasteiger partial charge in [0, 0.05) is 70.2 Å². The summed E-state index contributed by atoms with van der Waals surface area (Å²) in [7, 11) is 0. The SMILES string of the molecule is CCCCCCCCCCC(C)CNC(CC)(Cc1ccc(CN2CCNCC2)cc1)C(=O)c1ccc(N2CCNCC2)cc1. The molecule has 2 aliphatic heterocycles. The summed E-state index contributed by atoms with van der Waals surface area (Å²) in [6.45, 7) is 17.1. The zero-order chi connectivity index (χ0) is 31.7. The normalized spacial score (nSPS) is 18.1. The Balaban J connectivity index is 1.40. The van der Waals surface area contributed by atoms with E-state index in [-0.39, 0.29) is 5.78 Å². The maximum atomic E-state index is 14.4. The molecule has 6 heteroatoms. The fourth-order valence-electron chi connectivity index (χ4n) is 6.99. The Bertz CT molecular complexity index is 1090. The van der Waals surface area contributed by atoms with E-state index in [0.29, 0.717) is 12.3 Å². The highest BCUT2D eigenvalue weighted by Gasteiger charge is 2.37. The van der Waals surface area contributed by atoms with Crippen molar-refractivity contribution in [3.8, 4) is 0 Å². The summed E-state index contributed by atoms with van der Waals surface area (Å²) in [6.07, 6.45) is 13.5. The Morgan fingerprint density at radius 2 is 1.36 bits per heavy atom. The molecular weight excluding hydrogens is 554 g/mol. The van der Waals surface area contributed by atoms with Crippen molar-refractivity contribution in [3.05, 3.63) is 65.2 Å². The fourth-order valence-corrected chi connectivity index (χ4v) is 6.99. The average Bonchev–Trinajstić information content (AvgIpc) is 3.09. The molecule has 4 rings (SSSR count). The second kappa shape index (κ2) is 19.4. The van der Waals surface area contributed by atoms with Crippen LogP contribution >= 0.6 is 0 Å². The van der Waals surface area contributed by atoms with Crippen molar-refractivity contribution >= 4 is 11.5 Å². The number of Topliss-reactive ketones (excluding diaryl/α,β-unsaturated/α-hetero) is 1. The Hall–Kier alpha value is -2.25. The zero-order valence-corrected chi connectivity index (χ0v) is 28.8. The van der Waals surface area contributed by atoms with Gasteiger partial charge in [-0.3, -0.25) is 9.69 Å². The predicted molar refractivity (Wildman–Crippen MR) is 192 cm³/mol. The first-order valence-corrected chi connectivity index (χ1v) is 18.4. The smallest absolute Gasteiger partial charge is 0.183 e. The van der Waals surface area contributed by atoms with Gasteiger partial charge in [0.1, 0.15) is 0 Å². The molecule has 0 amide bonds. The van der Waals surface area contributed by atoms with Gasteiger partial charge in [0.25, 0.3) is 0 Å². The first-order chi connectivity index (χ1) is 22.0. The van der Waals surface area contributed by atoms with Gasteiger partial charge in [-0.1, -0.05) is 96.4 Å². The number of benzene rings is 2. The second-order valence-corrected chi connectivity index (χ2v) is 13.8. The van der Waals surface area contributed by atoms with Crippen molar-refractivity contribution < 1.29 is 4.79 Å². The van der Waals surface area contributed by atoms with Gasteiger partial charge in [0.05, 0.1) is 5.54 Å². The number of carbonyl (C=O) groups excluding carboxylic acids is 1. The third-order valence-corrected chi connectivity index (χ3v) is 10.1. The summed E-state index contributed by atoms with van der Waals surface area (Å²) in [5, 5.41) is 10.8. The minimum atomic E-state index is -0.621. The Labute approximate surface area is 275 Å². The van der Waals surface area contributed by atoms with Crippen LogP contribution in [0.25, 0.3) is 0 Å². The molecule has 2 unspecified atom stereocenters. The quantitative estimate of drug-likeness (QED) is 0.112. The molecule has 2 aromatic rings. The maximum absolute atomic E-state index is 14.4. The molecule has 0 radical (unpaired) electrons. The van der Waals surface area contributed by atoms with Crippen LogP contribution in [0.2, 0.25) is 0 Å². The van der Waals surface area contributed by atoms with E-state index in [4.69, 9.17) is 0 Å². The molecule has 3 N–H and O–H groups in total. The molecule has 0 aromatic heterocycles. The van der Waals surface area contributed by atoms with Crippen LogP contribution in [-0.4, -0.2) is 75.1 Å². The summed E-state index contributed by atoms with van der Waals surface area (Å²) in [5.41, 5.74) is 3.99. The van der Waals surface area contributed by atoms with Gasteiger partial charge < -0.3 is 20.9 Å². The minimum Gasteiger partial charge on any atom is -0.369 e. The summed E-state index contributed by atoms with van der Waals surface area (Å²) in [5.74, 6) is 0.765. The number of nitrogens with one attached hydrogen (secondary N) is 3. The Morgan fingerprint density at radius 3 is 1.98 bits per heavy atom. The number of ketones is 1. The van der Waals surface area contributed by atoms with Crippen molar-refractivity contribution in [1.82, 2.24) is 20.9 Å². The number of rotatable bonds is 20. The molecule has 45 heavy (non-hydrogen) atoms. The number of carbonyl (C=O) groups is 1. The lowest BCUT2D eigenvalue weighted by molar-refractivity contribution is 0.0836. The molecule has 2 fully saturated rings. The largest absolute Gasteiger partial charge is 0.369 e. The van der Waals surface area contributed by atoms with Gasteiger partial charge >= 0.3 is 0 Å². The number of anilines is 1. The Kier molecular flexibility index (Phi) is 15.4. The van der Waals surface area contributed by atoms with Gasteiger partial charge in [0.15, 0.2) is 5.78 Å². The van der Waals surface area contributed by atoms with Crippen LogP contribution in [0.5, 0.6) is 0 Å². The van der Waals surface area contributed by atoms with Crippen LogP contribution in [0.1, 0.15) is 106 Å². The topological polar surface area (TPSA) is 59.6 Å². The van der Waals surface area contributed by atoms with E-state index in [1.165, 1.54) is 74.6 Å². The highest BCUT2D eigenvalue weighted by atomic mass is 16.1. The van der Waals surface area contributed by atoms with Crippen LogP contribution in [0.15, 0.2) is 48.5 Å². The molecule has 6 nitrogen and oxygen atoms in total. The van der Waals surface area contributed by atoms with Crippen LogP contribution < -0.4 is 20.9 Å². The van der Waals surface area contributed by atoms with Gasteiger partial charge in [0.2, 0.25) is 0 Å². The van der Waals surface area contributed by atoms with E-state index < -0.39 is 5.54 Å². The fraction of sp³-hybridized carbons (Fsp3) is 0.667. The summed E-state index contributed by atoms with van der Waals surface area (Å²) in [6, 6.07) is 17.5. The van der Waals surface area contributed by atoms with Crippen LogP contribution in [0.4, 0.5) is 5.69 Å². The molecule has 2 atom stereocenters. The predicted octanol–water partition coefficient (Wildman–Crippen LogP) is 6.83. The van der Waals surface area contributed by atoms with Crippen molar-refractivity contribution in [2.45, 2.75) is 103 Å². The van der Waals surface area contributed by atoms with E-state index in [2.05, 4.69) is 95.1 Å². The van der Waals surface area contributed by atoms with E-state index in [1.807, 2.05) is 0 Å². The third-order valence-electron chi connectivity index (χ3n) is 10.1. The summed E-state index contributed by atoms with van der Waals surface area (Å²) >= 11 is 0. The zero-order valence-electron chi connectivity index (χ0n) is 28.8. The van der Waals surface area contributed by atoms with E-state index in [9.17, 15) is 4.79 Å². The molecule has 2 saturated heterocycles. The number of nitrogens with zero attached hydrogens (tertiary/aromatic N) is 2. The molecule has 2 aliphatic rings. The highest BCUT2D eigenvalue weighted by molar-refractivity contribution is 6.03. The van der Waals surface area contributed by atoms with Crippen LogP contribution in [0, 0.1) is 5.92 Å². The highest BCUT2D eigenvalue weighted by Crippen LogP contribution is 2.26. The molecule has 0 spiro atoms. The molecule has 0 aliphatic carbocycles. The minimum absolute atomic E-state index is 0.223. The van der Waals surface area contributed by atoms with Crippen molar-refractivity contribution in [2.24, 2.45) is 5.92 Å². The number of hydrogen-bond acceptors (Lipinski definition) is 6. The van der Waals surface area contributed by atoms with Crippen molar-refractivity contribution in [2.75, 3.05) is 63.8 Å². The average molecular weight is 618 g/mol. The lowest BCUT2D eigenvalue weighted by atomic mass is 9.80. The van der Waals surface area contributed by atoms with E-state index >= 15 is 0 Å². The molecule has 0 saturated carbocycles. The molecule has 2 aromatic carbocycles. The lowest BCUT2D eigenvalue weighted by Gasteiger charge is -2.35. The standard InChI is InChI=1S/C39H63N5O/c1-4-6-7-8-9-10-11-12-13-33(3)31-42-39(5-2,30-34-14-16-35(17-15-34)32-43-26-22-40-23-27-43)38(45)36-18-20-37(21-19-36)44-28-24-41-25-29-44/h14-21,33,40-42H,4-13,22-32H2,1-3H3. The monoisotopic (exact) mass is 618 g/mol. The van der Waals surface area contributed by atoms with Gasteiger partial charge in [-0.05, 0) is 67.1 Å². The van der Waals surface area contributed by atoms with Gasteiger partial charge in [-0.15, -0.1) is 0 Å². The van der Waals surface area contributed by atoms with E-state index in [0.717, 1.165) is 77.4 Å². The first kappa shape index (κ1) is 35.6. The first-order valence-electron chi connectivity index (χ1n) is 18.4. The van der Waals surface area contributed by atoms with Crippen molar-refractivity contribution in [3.63, 3.8) is 0 Å². The van der Waals surface area contributed by atoms with Crippen LogP contribution in [-0.2, 0) is 13.0 Å². The maximum Gasteiger partial charge on any atom is 0.183 e. The van der Waals surface area contributed by atoms with E-state index in [1.54, 1.807) is 0 Å². The molecule has 0 bridgehead atoms. The number of piperazine rings is 2. The third kappa shape index (κ3) is 11.5. The second-order valence-electron chi connectivity index (χ2n) is 13.8. The Morgan fingerprint density at radius 1 is 0.778 bits per heavy atom. The number of unbranched alkanes of at least 4 members (excludes halogenated alkanes) is 7.